The number of ether oxygens (including phenoxy) is 1. The maximum absolute atomic E-state index is 10.5. The van der Waals surface area contributed by atoms with Gasteiger partial charge in [0, 0.05) is 12.6 Å². The number of nitrogens with one attached hydrogen (secondary N) is 1. The Morgan fingerprint density at radius 1 is 1.11 bits per heavy atom. The zero-order chi connectivity index (χ0) is 14.3. The number of nitrogens with two attached hydrogens (primary N) is 1. The van der Waals surface area contributed by atoms with E-state index in [1.165, 1.54) is 51.4 Å². The van der Waals surface area contributed by atoms with Crippen LogP contribution in [0, 0.1) is 0 Å². The fourth-order valence-electron chi connectivity index (χ4n) is 2.14. The molecule has 3 N–H and O–H groups in total. The maximum Gasteiger partial charge on any atom is 0.243 e. The van der Waals surface area contributed by atoms with Gasteiger partial charge >= 0.3 is 0 Å². The van der Waals surface area contributed by atoms with Crippen LogP contribution in [0.15, 0.2) is 0 Å². The highest BCUT2D eigenvalue weighted by Gasteiger charge is 2.07. The number of amides is 1. The van der Waals surface area contributed by atoms with Gasteiger partial charge in [0.05, 0.1) is 6.61 Å². The summed E-state index contributed by atoms with van der Waals surface area (Å²) in [5.41, 5.74) is 5.01. The van der Waals surface area contributed by atoms with Crippen LogP contribution >= 0.6 is 0 Å². The lowest BCUT2D eigenvalue weighted by atomic mass is 10.0. The van der Waals surface area contributed by atoms with Gasteiger partial charge in [0.2, 0.25) is 5.91 Å². The van der Waals surface area contributed by atoms with Crippen molar-refractivity contribution in [3.05, 3.63) is 0 Å². The molecule has 0 bridgehead atoms. The molecule has 0 saturated heterocycles. The molecular weight excluding hydrogens is 240 g/mol. The number of primary amides is 1. The second-order valence-corrected chi connectivity index (χ2v) is 5.16. The minimum Gasteiger partial charge on any atom is -0.370 e. The van der Waals surface area contributed by atoms with Crippen LogP contribution in [0.1, 0.15) is 65.2 Å². The standard InChI is InChI=1S/C15H32N2O2/c1-3-5-7-9-14(10-8-6-4-2)17-11-12-19-13-15(16)18/h14,17H,3-13H2,1-2H3,(H2,16,18). The average Bonchev–Trinajstić information content (AvgIpc) is 2.38. The molecule has 1 amide bonds. The van der Waals surface area contributed by atoms with Crippen molar-refractivity contribution in [3.8, 4) is 0 Å². The van der Waals surface area contributed by atoms with Gasteiger partial charge in [-0.2, -0.15) is 0 Å². The average molecular weight is 272 g/mol. The molecule has 0 radical (unpaired) electrons. The Morgan fingerprint density at radius 2 is 1.68 bits per heavy atom. The van der Waals surface area contributed by atoms with Crippen LogP contribution in [0.5, 0.6) is 0 Å². The van der Waals surface area contributed by atoms with Crippen LogP contribution in [0.3, 0.4) is 0 Å². The molecule has 0 aromatic heterocycles. The van der Waals surface area contributed by atoms with Crippen molar-refractivity contribution in [2.75, 3.05) is 19.8 Å². The van der Waals surface area contributed by atoms with E-state index in [-0.39, 0.29) is 6.61 Å². The van der Waals surface area contributed by atoms with Crippen LogP contribution in [0.2, 0.25) is 0 Å². The van der Waals surface area contributed by atoms with Crippen LogP contribution < -0.4 is 11.1 Å². The fraction of sp³-hybridized carbons (Fsp3) is 0.933. The summed E-state index contributed by atoms with van der Waals surface area (Å²) in [6.45, 7) is 5.85. The number of carbonyl (C=O) groups excluding carboxylic acids is 1. The smallest absolute Gasteiger partial charge is 0.243 e. The largest absolute Gasteiger partial charge is 0.370 e. The topological polar surface area (TPSA) is 64.3 Å². The van der Waals surface area contributed by atoms with E-state index in [1.54, 1.807) is 0 Å². The maximum atomic E-state index is 10.5. The Morgan fingerprint density at radius 3 is 2.16 bits per heavy atom. The molecular formula is C15H32N2O2. The molecule has 0 spiro atoms. The highest BCUT2D eigenvalue weighted by atomic mass is 16.5. The van der Waals surface area contributed by atoms with E-state index in [9.17, 15) is 4.79 Å². The van der Waals surface area contributed by atoms with E-state index >= 15 is 0 Å². The predicted octanol–water partition coefficient (Wildman–Crippen LogP) is 2.61. The minimum atomic E-state index is -0.401. The molecule has 0 saturated carbocycles. The molecule has 0 atom stereocenters. The summed E-state index contributed by atoms with van der Waals surface area (Å²) >= 11 is 0. The van der Waals surface area contributed by atoms with E-state index in [4.69, 9.17) is 10.5 Å². The number of carbonyl (C=O) groups is 1. The molecule has 19 heavy (non-hydrogen) atoms. The Labute approximate surface area is 118 Å². The van der Waals surface area contributed by atoms with Gasteiger partial charge in [-0.15, -0.1) is 0 Å². The monoisotopic (exact) mass is 272 g/mol. The molecule has 0 unspecified atom stereocenters. The summed E-state index contributed by atoms with van der Waals surface area (Å²) in [4.78, 5) is 10.5. The van der Waals surface area contributed by atoms with E-state index < -0.39 is 5.91 Å². The summed E-state index contributed by atoms with van der Waals surface area (Å²) in [5, 5.41) is 3.53. The van der Waals surface area contributed by atoms with Gasteiger partial charge in [-0.3, -0.25) is 4.79 Å². The summed E-state index contributed by atoms with van der Waals surface area (Å²) in [6.07, 6.45) is 10.2. The number of rotatable bonds is 14. The van der Waals surface area contributed by atoms with Crippen molar-refractivity contribution >= 4 is 5.91 Å². The third kappa shape index (κ3) is 13.6. The van der Waals surface area contributed by atoms with Crippen molar-refractivity contribution in [1.29, 1.82) is 0 Å². The number of hydrogen-bond acceptors (Lipinski definition) is 3. The highest BCUT2D eigenvalue weighted by molar-refractivity contribution is 5.74. The molecule has 0 aliphatic carbocycles. The molecule has 0 rings (SSSR count). The minimum absolute atomic E-state index is 0.0258. The number of unbranched alkanes of at least 4 members (excludes halogenated alkanes) is 4. The van der Waals surface area contributed by atoms with Crippen LogP contribution in [-0.4, -0.2) is 31.7 Å². The molecule has 4 nitrogen and oxygen atoms in total. The third-order valence-electron chi connectivity index (χ3n) is 3.24. The quantitative estimate of drug-likeness (QED) is 0.478. The molecule has 0 aromatic rings. The first-order valence-corrected chi connectivity index (χ1v) is 7.80. The Hall–Kier alpha value is -0.610. The summed E-state index contributed by atoms with van der Waals surface area (Å²) < 4.78 is 5.16. The van der Waals surface area contributed by atoms with Crippen LogP contribution in [0.25, 0.3) is 0 Å². The lowest BCUT2D eigenvalue weighted by Crippen LogP contribution is -2.32. The molecule has 114 valence electrons. The Bertz CT molecular complexity index is 200. The van der Waals surface area contributed by atoms with Gasteiger partial charge in [0.25, 0.3) is 0 Å². The second-order valence-electron chi connectivity index (χ2n) is 5.16. The van der Waals surface area contributed by atoms with Gasteiger partial charge in [0.1, 0.15) is 6.61 Å². The van der Waals surface area contributed by atoms with Gasteiger partial charge in [-0.05, 0) is 12.8 Å². The van der Waals surface area contributed by atoms with Gasteiger partial charge < -0.3 is 15.8 Å². The number of hydrogen-bond donors (Lipinski definition) is 2. The molecule has 0 aromatic carbocycles. The first-order chi connectivity index (χ1) is 9.20. The third-order valence-corrected chi connectivity index (χ3v) is 3.24. The molecule has 0 aliphatic rings. The zero-order valence-electron chi connectivity index (χ0n) is 12.7. The van der Waals surface area contributed by atoms with Crippen LogP contribution in [-0.2, 0) is 9.53 Å². The SMILES string of the molecule is CCCCCC(CCCCC)NCCOCC(N)=O. The summed E-state index contributed by atoms with van der Waals surface area (Å²) in [5.74, 6) is -0.401. The van der Waals surface area contributed by atoms with E-state index in [1.807, 2.05) is 0 Å². The molecule has 0 aliphatic heterocycles. The predicted molar refractivity (Wildman–Crippen MR) is 80.1 cm³/mol. The Kier molecular flexibility index (Phi) is 13.4. The molecule has 4 heteroatoms. The van der Waals surface area contributed by atoms with Gasteiger partial charge in [-0.25, -0.2) is 0 Å². The van der Waals surface area contributed by atoms with Gasteiger partial charge in [-0.1, -0.05) is 52.4 Å². The lowest BCUT2D eigenvalue weighted by molar-refractivity contribution is -0.122. The van der Waals surface area contributed by atoms with Crippen LogP contribution in [0.4, 0.5) is 0 Å². The molecule has 0 fully saturated rings. The van der Waals surface area contributed by atoms with Gasteiger partial charge in [0.15, 0.2) is 0 Å². The first-order valence-electron chi connectivity index (χ1n) is 7.80. The normalized spacial score (nSPS) is 11.1. The van der Waals surface area contributed by atoms with Crippen molar-refractivity contribution in [1.82, 2.24) is 5.32 Å². The highest BCUT2D eigenvalue weighted by Crippen LogP contribution is 2.10. The second kappa shape index (κ2) is 13.8. The fourth-order valence-corrected chi connectivity index (χ4v) is 2.14. The van der Waals surface area contributed by atoms with Crippen molar-refractivity contribution in [2.24, 2.45) is 5.73 Å². The van der Waals surface area contributed by atoms with Crippen molar-refractivity contribution in [2.45, 2.75) is 71.3 Å². The Balaban J connectivity index is 3.67. The zero-order valence-corrected chi connectivity index (χ0v) is 12.7. The van der Waals surface area contributed by atoms with E-state index in [0.717, 1.165) is 6.54 Å². The van der Waals surface area contributed by atoms with E-state index in [0.29, 0.717) is 12.6 Å². The van der Waals surface area contributed by atoms with Crippen molar-refractivity contribution in [3.63, 3.8) is 0 Å². The first kappa shape index (κ1) is 18.4. The lowest BCUT2D eigenvalue weighted by Gasteiger charge is -2.18. The summed E-state index contributed by atoms with van der Waals surface area (Å²) in [7, 11) is 0. The van der Waals surface area contributed by atoms with E-state index in [2.05, 4.69) is 19.2 Å². The summed E-state index contributed by atoms with van der Waals surface area (Å²) in [6, 6.07) is 0.593. The van der Waals surface area contributed by atoms with Crippen molar-refractivity contribution < 1.29 is 9.53 Å². The molecule has 0 heterocycles.